The maximum atomic E-state index is 13.5. The summed E-state index contributed by atoms with van der Waals surface area (Å²) in [6, 6.07) is 13.7. The van der Waals surface area contributed by atoms with Gasteiger partial charge in [0.05, 0.1) is 17.5 Å². The van der Waals surface area contributed by atoms with E-state index in [1.165, 1.54) is 17.4 Å². The number of benzene rings is 2. The van der Waals surface area contributed by atoms with Gasteiger partial charge in [0.2, 0.25) is 5.91 Å². The molecule has 0 spiro atoms. The van der Waals surface area contributed by atoms with Gasteiger partial charge in [0, 0.05) is 25.3 Å². The van der Waals surface area contributed by atoms with Gasteiger partial charge in [-0.2, -0.15) is 0 Å². The summed E-state index contributed by atoms with van der Waals surface area (Å²) in [6.07, 6.45) is 4.97. The summed E-state index contributed by atoms with van der Waals surface area (Å²) in [5, 5.41) is 9.17. The van der Waals surface area contributed by atoms with Gasteiger partial charge in [-0.3, -0.25) is 4.79 Å². The van der Waals surface area contributed by atoms with Crippen molar-refractivity contribution in [3.05, 3.63) is 53.6 Å². The molecular weight excluding hydrogens is 436 g/mol. The van der Waals surface area contributed by atoms with Crippen LogP contribution in [0.2, 0.25) is 0 Å². The Hall–Kier alpha value is -2.22. The van der Waals surface area contributed by atoms with Crippen LogP contribution in [0, 0.1) is 5.92 Å². The Morgan fingerprint density at radius 1 is 0.970 bits per heavy atom. The zero-order chi connectivity index (χ0) is 23.2. The van der Waals surface area contributed by atoms with Gasteiger partial charge in [-0.15, -0.1) is 0 Å². The Labute approximate surface area is 196 Å². The van der Waals surface area contributed by atoms with Gasteiger partial charge in [-0.25, -0.2) is 8.42 Å². The van der Waals surface area contributed by atoms with Crippen molar-refractivity contribution in [2.75, 3.05) is 39.0 Å². The molecule has 2 bridgehead atoms. The van der Waals surface area contributed by atoms with E-state index < -0.39 is 9.84 Å². The molecule has 2 fully saturated rings. The Morgan fingerprint density at radius 2 is 1.67 bits per heavy atom. The summed E-state index contributed by atoms with van der Waals surface area (Å²) in [6.45, 7) is 3.43. The minimum atomic E-state index is -3.22. The van der Waals surface area contributed by atoms with Crippen LogP contribution in [-0.2, 0) is 14.6 Å². The van der Waals surface area contributed by atoms with Crippen molar-refractivity contribution in [1.29, 1.82) is 0 Å². The summed E-state index contributed by atoms with van der Waals surface area (Å²) in [5.74, 6) is 0.882. The largest absolute Gasteiger partial charge is 0.395 e. The molecular formula is C26H32N2O4S. The van der Waals surface area contributed by atoms with E-state index in [0.717, 1.165) is 56.4 Å². The van der Waals surface area contributed by atoms with Crippen LogP contribution in [0.5, 0.6) is 0 Å². The molecule has 6 nitrogen and oxygen atoms in total. The molecule has 1 aliphatic carbocycles. The van der Waals surface area contributed by atoms with E-state index in [0.29, 0.717) is 17.4 Å². The summed E-state index contributed by atoms with van der Waals surface area (Å²) in [7, 11) is -3.22. The highest BCUT2D eigenvalue weighted by Crippen LogP contribution is 2.50. The van der Waals surface area contributed by atoms with Gasteiger partial charge in [-0.05, 0) is 85.1 Å². The number of hydrogen-bond acceptors (Lipinski definition) is 5. The van der Waals surface area contributed by atoms with Crippen molar-refractivity contribution in [2.24, 2.45) is 5.92 Å². The van der Waals surface area contributed by atoms with E-state index >= 15 is 0 Å². The number of hydrogen-bond donors (Lipinski definition) is 1. The van der Waals surface area contributed by atoms with Crippen LogP contribution >= 0.6 is 0 Å². The quantitative estimate of drug-likeness (QED) is 0.729. The van der Waals surface area contributed by atoms with Gasteiger partial charge >= 0.3 is 0 Å². The van der Waals surface area contributed by atoms with Crippen molar-refractivity contribution < 1.29 is 18.3 Å². The molecule has 0 radical (unpaired) electrons. The van der Waals surface area contributed by atoms with Gasteiger partial charge < -0.3 is 14.9 Å². The molecule has 1 N–H and O–H groups in total. The van der Waals surface area contributed by atoms with E-state index in [9.17, 15) is 18.3 Å². The Kier molecular flexibility index (Phi) is 6.05. The molecule has 3 aliphatic rings. The van der Waals surface area contributed by atoms with Gasteiger partial charge in [0.1, 0.15) is 0 Å². The van der Waals surface area contributed by atoms with Crippen LogP contribution in [0.25, 0.3) is 11.1 Å². The number of carbonyl (C=O) groups is 1. The molecule has 0 saturated carbocycles. The second-order valence-electron chi connectivity index (χ2n) is 9.75. The lowest BCUT2D eigenvalue weighted by Crippen LogP contribution is -2.45. The first-order chi connectivity index (χ1) is 15.8. The van der Waals surface area contributed by atoms with E-state index in [1.54, 1.807) is 12.1 Å². The van der Waals surface area contributed by atoms with Crippen LogP contribution < -0.4 is 0 Å². The van der Waals surface area contributed by atoms with Crippen LogP contribution in [0.3, 0.4) is 0 Å². The minimum absolute atomic E-state index is 0.0762. The maximum Gasteiger partial charge on any atom is 0.226 e. The molecule has 2 heterocycles. The Morgan fingerprint density at radius 3 is 2.33 bits per heavy atom. The van der Waals surface area contributed by atoms with Crippen molar-refractivity contribution in [1.82, 2.24) is 9.80 Å². The SMILES string of the molecule is CS(=O)(=O)c1ccc(-c2ccc3c(c2)[C@@H]2CC3CCN2C(=O)C2CCN(CCO)CC2)cc1. The van der Waals surface area contributed by atoms with Gasteiger partial charge in [0.15, 0.2) is 9.84 Å². The third kappa shape index (κ3) is 4.34. The zero-order valence-electron chi connectivity index (χ0n) is 19.1. The first kappa shape index (κ1) is 22.6. The maximum absolute atomic E-state index is 13.5. The molecule has 1 unspecified atom stereocenters. The molecule has 0 aromatic heterocycles. The fourth-order valence-corrected chi connectivity index (χ4v) is 6.53. The Bertz CT molecular complexity index is 1140. The number of fused-ring (bicyclic) bond motifs is 5. The van der Waals surface area contributed by atoms with E-state index in [2.05, 4.69) is 28.0 Å². The Balaban J connectivity index is 1.37. The third-order valence-electron chi connectivity index (χ3n) is 7.74. The number of β-amino-alcohol motifs (C(OH)–C–C–N with tert-alkyl or cyclic N) is 1. The molecule has 7 heteroatoms. The topological polar surface area (TPSA) is 77.9 Å². The normalized spacial score (nSPS) is 23.5. The highest BCUT2D eigenvalue weighted by molar-refractivity contribution is 7.90. The molecule has 176 valence electrons. The van der Waals surface area contributed by atoms with Gasteiger partial charge in [0.25, 0.3) is 0 Å². The number of aliphatic hydroxyl groups is 1. The highest BCUT2D eigenvalue weighted by atomic mass is 32.2. The van der Waals surface area contributed by atoms with E-state index in [-0.39, 0.29) is 24.5 Å². The fourth-order valence-electron chi connectivity index (χ4n) is 5.90. The van der Waals surface area contributed by atoms with Crippen LogP contribution in [0.15, 0.2) is 47.4 Å². The first-order valence-electron chi connectivity index (χ1n) is 11.9. The van der Waals surface area contributed by atoms with Crippen LogP contribution in [0.1, 0.15) is 48.8 Å². The molecule has 2 aromatic carbocycles. The molecule has 2 saturated heterocycles. The molecule has 5 rings (SSSR count). The average molecular weight is 469 g/mol. The predicted molar refractivity (Wildman–Crippen MR) is 128 cm³/mol. The summed E-state index contributed by atoms with van der Waals surface area (Å²) in [5.41, 5.74) is 4.67. The number of nitrogens with zero attached hydrogens (tertiary/aromatic N) is 2. The molecule has 2 atom stereocenters. The molecule has 2 aromatic rings. The number of piperidine rings is 2. The number of likely N-dealkylation sites (tertiary alicyclic amines) is 2. The van der Waals surface area contributed by atoms with Crippen molar-refractivity contribution in [2.45, 2.75) is 42.5 Å². The lowest BCUT2D eigenvalue weighted by atomic mass is 9.91. The number of rotatable bonds is 5. The standard InChI is InChI=1S/C26H32N2O4S/c1-33(31,32)22-5-2-18(3-6-22)20-4-7-23-21-10-13-28(25(17-21)24(23)16-20)26(30)19-8-11-27(12-9-19)14-15-29/h2-7,16,19,21,25,29H,8-15,17H2,1H3/t21?,25-/m0/s1. The van der Waals surface area contributed by atoms with Crippen molar-refractivity contribution >= 4 is 15.7 Å². The number of carbonyl (C=O) groups excluding carboxylic acids is 1. The first-order valence-corrected chi connectivity index (χ1v) is 13.8. The molecule has 33 heavy (non-hydrogen) atoms. The van der Waals surface area contributed by atoms with Crippen molar-refractivity contribution in [3.8, 4) is 11.1 Å². The van der Waals surface area contributed by atoms with E-state index in [4.69, 9.17) is 0 Å². The zero-order valence-corrected chi connectivity index (χ0v) is 19.9. The lowest BCUT2D eigenvalue weighted by Gasteiger charge is -2.38. The number of amides is 1. The number of aliphatic hydroxyl groups excluding tert-OH is 1. The molecule has 1 amide bonds. The predicted octanol–water partition coefficient (Wildman–Crippen LogP) is 3.22. The smallest absolute Gasteiger partial charge is 0.226 e. The summed E-state index contributed by atoms with van der Waals surface area (Å²) < 4.78 is 23.6. The second-order valence-corrected chi connectivity index (χ2v) is 11.8. The average Bonchev–Trinajstić information content (AvgIpc) is 3.10. The van der Waals surface area contributed by atoms with Crippen LogP contribution in [0.4, 0.5) is 0 Å². The van der Waals surface area contributed by atoms with Crippen LogP contribution in [-0.4, -0.2) is 68.3 Å². The fraction of sp³-hybridized carbons (Fsp3) is 0.500. The van der Waals surface area contributed by atoms with Gasteiger partial charge in [-0.1, -0.05) is 24.3 Å². The summed E-state index contributed by atoms with van der Waals surface area (Å²) >= 11 is 0. The minimum Gasteiger partial charge on any atom is -0.395 e. The highest BCUT2D eigenvalue weighted by Gasteiger charge is 2.42. The molecule has 2 aliphatic heterocycles. The summed E-state index contributed by atoms with van der Waals surface area (Å²) in [4.78, 5) is 18.2. The van der Waals surface area contributed by atoms with Crippen molar-refractivity contribution in [3.63, 3.8) is 0 Å². The lowest BCUT2D eigenvalue weighted by molar-refractivity contribution is -0.140. The second kappa shape index (κ2) is 8.85. The monoisotopic (exact) mass is 468 g/mol. The number of sulfone groups is 1. The van der Waals surface area contributed by atoms with E-state index in [1.807, 2.05) is 12.1 Å². The third-order valence-corrected chi connectivity index (χ3v) is 8.87.